The average molecular weight is 379 g/mol. The van der Waals surface area contributed by atoms with Crippen LogP contribution in [0.15, 0.2) is 21.5 Å². The van der Waals surface area contributed by atoms with Gasteiger partial charge >= 0.3 is 0 Å². The summed E-state index contributed by atoms with van der Waals surface area (Å²) >= 11 is 3.12. The van der Waals surface area contributed by atoms with E-state index < -0.39 is 26.5 Å². The maximum atomic E-state index is 14.4. The minimum absolute atomic E-state index is 0.207. The number of likely N-dealkylation sites (tertiary alicyclic amines) is 1. The van der Waals surface area contributed by atoms with Crippen LogP contribution >= 0.6 is 15.9 Å². The van der Waals surface area contributed by atoms with E-state index in [-0.39, 0.29) is 11.5 Å². The van der Waals surface area contributed by atoms with Gasteiger partial charge in [0.1, 0.15) is 4.90 Å². The van der Waals surface area contributed by atoms with Crippen LogP contribution in [0, 0.1) is 11.7 Å². The number of carbonyl (C=O) groups excluding carboxylic acids is 1. The molecule has 2 rings (SSSR count). The average Bonchev–Trinajstić information content (AvgIpc) is 2.87. The van der Waals surface area contributed by atoms with E-state index in [2.05, 4.69) is 15.9 Å². The van der Waals surface area contributed by atoms with E-state index in [1.807, 2.05) is 0 Å². The lowest BCUT2D eigenvalue weighted by Gasteiger charge is -2.17. The fourth-order valence-corrected chi connectivity index (χ4v) is 3.76. The first kappa shape index (κ1) is 16.4. The molecule has 2 N–H and O–H groups in total. The predicted octanol–water partition coefficient (Wildman–Crippen LogP) is 1.41. The Balaban J connectivity index is 2.41. The molecule has 1 aromatic rings. The lowest BCUT2D eigenvalue weighted by molar-refractivity contribution is 0.0782. The molecule has 1 amide bonds. The summed E-state index contributed by atoms with van der Waals surface area (Å²) in [5.74, 6) is -1.30. The summed E-state index contributed by atoms with van der Waals surface area (Å²) in [7, 11) is -3.75. The summed E-state index contributed by atoms with van der Waals surface area (Å²) in [5, 5.41) is 0. The number of nitrogens with zero attached hydrogens (tertiary/aromatic N) is 1. The number of sulfone groups is 1. The van der Waals surface area contributed by atoms with E-state index >= 15 is 0 Å². The highest BCUT2D eigenvalue weighted by atomic mass is 79.9. The quantitative estimate of drug-likeness (QED) is 0.861. The number of hydrogen-bond donors (Lipinski definition) is 1. The van der Waals surface area contributed by atoms with E-state index in [0.29, 0.717) is 24.1 Å². The molecule has 116 valence electrons. The van der Waals surface area contributed by atoms with Crippen molar-refractivity contribution >= 4 is 31.7 Å². The van der Waals surface area contributed by atoms with Crippen LogP contribution in [0.3, 0.4) is 0 Å². The number of amides is 1. The predicted molar refractivity (Wildman–Crippen MR) is 80.3 cm³/mol. The van der Waals surface area contributed by atoms with Crippen molar-refractivity contribution in [1.82, 2.24) is 4.90 Å². The molecule has 0 spiro atoms. The molecule has 1 saturated heterocycles. The molecule has 1 atom stereocenters. The zero-order valence-corrected chi connectivity index (χ0v) is 13.9. The van der Waals surface area contributed by atoms with Crippen LogP contribution in [0.5, 0.6) is 0 Å². The molecule has 0 aromatic heterocycles. The van der Waals surface area contributed by atoms with Crippen LogP contribution in [0.25, 0.3) is 0 Å². The van der Waals surface area contributed by atoms with Crippen LogP contribution in [0.2, 0.25) is 0 Å². The molecule has 1 heterocycles. The minimum Gasteiger partial charge on any atom is -0.338 e. The smallest absolute Gasteiger partial charge is 0.256 e. The second-order valence-electron chi connectivity index (χ2n) is 5.18. The second-order valence-corrected chi connectivity index (χ2v) is 8.08. The number of hydrogen-bond acceptors (Lipinski definition) is 4. The molecule has 0 bridgehead atoms. The Hall–Kier alpha value is -0.990. The summed E-state index contributed by atoms with van der Waals surface area (Å²) in [6.07, 6.45) is 1.68. The summed E-state index contributed by atoms with van der Waals surface area (Å²) in [6, 6.07) is 2.47. The molecule has 0 saturated carbocycles. The first-order valence-electron chi connectivity index (χ1n) is 6.42. The molecule has 21 heavy (non-hydrogen) atoms. The van der Waals surface area contributed by atoms with Gasteiger partial charge in [0.05, 0.1) is 5.56 Å². The SMILES string of the molecule is CS(=O)(=O)c1cc(Br)cc(C(=O)N2CCC(CN)C2)c1F. The lowest BCUT2D eigenvalue weighted by Crippen LogP contribution is -2.30. The molecular formula is C13H16BrFN2O3S. The van der Waals surface area contributed by atoms with E-state index in [0.717, 1.165) is 18.7 Å². The van der Waals surface area contributed by atoms with Crippen molar-refractivity contribution in [3.8, 4) is 0 Å². The lowest BCUT2D eigenvalue weighted by atomic mass is 10.1. The number of nitrogens with two attached hydrogens (primary N) is 1. The molecule has 1 unspecified atom stereocenters. The zero-order valence-electron chi connectivity index (χ0n) is 11.5. The van der Waals surface area contributed by atoms with Gasteiger partial charge in [0.15, 0.2) is 15.7 Å². The Morgan fingerprint density at radius 2 is 2.19 bits per heavy atom. The van der Waals surface area contributed by atoms with Crippen molar-refractivity contribution in [2.45, 2.75) is 11.3 Å². The summed E-state index contributed by atoms with van der Waals surface area (Å²) in [6.45, 7) is 1.44. The zero-order chi connectivity index (χ0) is 15.8. The second kappa shape index (κ2) is 6.02. The number of benzene rings is 1. The molecule has 0 radical (unpaired) electrons. The number of carbonyl (C=O) groups is 1. The van der Waals surface area contributed by atoms with E-state index in [1.165, 1.54) is 11.0 Å². The topological polar surface area (TPSA) is 80.5 Å². The molecule has 5 nitrogen and oxygen atoms in total. The number of halogens is 2. The third-order valence-corrected chi connectivity index (χ3v) is 5.09. The summed E-state index contributed by atoms with van der Waals surface area (Å²) in [5.41, 5.74) is 5.34. The molecule has 1 aromatic carbocycles. The van der Waals surface area contributed by atoms with Crippen molar-refractivity contribution in [2.24, 2.45) is 11.7 Å². The van der Waals surface area contributed by atoms with E-state index in [4.69, 9.17) is 5.73 Å². The Kier molecular flexibility index (Phi) is 4.69. The van der Waals surface area contributed by atoms with Crippen LogP contribution in [-0.2, 0) is 9.84 Å². The highest BCUT2D eigenvalue weighted by Crippen LogP contribution is 2.26. The van der Waals surface area contributed by atoms with Crippen LogP contribution in [-0.4, -0.2) is 45.1 Å². The standard InChI is InChI=1S/C13H16BrFN2O3S/c1-21(19,20)11-5-9(14)4-10(12(11)15)13(18)17-3-2-8(6-16)7-17/h4-5,8H,2-3,6-7,16H2,1H3. The van der Waals surface area contributed by atoms with Gasteiger partial charge in [-0.1, -0.05) is 15.9 Å². The van der Waals surface area contributed by atoms with Gasteiger partial charge in [0, 0.05) is 23.8 Å². The fourth-order valence-electron chi connectivity index (χ4n) is 2.37. The Morgan fingerprint density at radius 1 is 1.52 bits per heavy atom. The van der Waals surface area contributed by atoms with E-state index in [1.54, 1.807) is 0 Å². The van der Waals surface area contributed by atoms with Gasteiger partial charge in [-0.3, -0.25) is 4.79 Å². The van der Waals surface area contributed by atoms with Crippen molar-refractivity contribution in [3.63, 3.8) is 0 Å². The Morgan fingerprint density at radius 3 is 2.71 bits per heavy atom. The molecule has 1 fully saturated rings. The van der Waals surface area contributed by atoms with Crippen molar-refractivity contribution in [1.29, 1.82) is 0 Å². The van der Waals surface area contributed by atoms with E-state index in [9.17, 15) is 17.6 Å². The minimum atomic E-state index is -3.75. The first-order valence-corrected chi connectivity index (χ1v) is 9.11. The van der Waals surface area contributed by atoms with Gasteiger partial charge in [0.25, 0.3) is 5.91 Å². The van der Waals surface area contributed by atoms with Crippen molar-refractivity contribution < 1.29 is 17.6 Å². The molecule has 0 aliphatic carbocycles. The van der Waals surface area contributed by atoms with Gasteiger partial charge in [-0.2, -0.15) is 0 Å². The Bertz CT molecular complexity index is 678. The highest BCUT2D eigenvalue weighted by molar-refractivity contribution is 9.10. The molecular weight excluding hydrogens is 363 g/mol. The van der Waals surface area contributed by atoms with Crippen molar-refractivity contribution in [3.05, 3.63) is 28.0 Å². The number of rotatable bonds is 3. The Labute approximate surface area is 131 Å². The summed E-state index contributed by atoms with van der Waals surface area (Å²) in [4.78, 5) is 13.4. The molecule has 8 heteroatoms. The third-order valence-electron chi connectivity index (χ3n) is 3.54. The van der Waals surface area contributed by atoms with Crippen LogP contribution < -0.4 is 5.73 Å². The monoisotopic (exact) mass is 378 g/mol. The van der Waals surface area contributed by atoms with Crippen molar-refractivity contribution in [2.75, 3.05) is 25.9 Å². The fraction of sp³-hybridized carbons (Fsp3) is 0.462. The van der Waals surface area contributed by atoms with Gasteiger partial charge in [0.2, 0.25) is 0 Å². The largest absolute Gasteiger partial charge is 0.338 e. The maximum absolute atomic E-state index is 14.4. The summed E-state index contributed by atoms with van der Waals surface area (Å²) < 4.78 is 37.9. The van der Waals surface area contributed by atoms with Crippen LogP contribution in [0.4, 0.5) is 4.39 Å². The highest BCUT2D eigenvalue weighted by Gasteiger charge is 2.30. The molecule has 1 aliphatic rings. The van der Waals surface area contributed by atoms with Gasteiger partial charge < -0.3 is 10.6 Å². The first-order chi connectivity index (χ1) is 9.74. The third kappa shape index (κ3) is 3.44. The molecule has 1 aliphatic heterocycles. The maximum Gasteiger partial charge on any atom is 0.256 e. The van der Waals surface area contributed by atoms with Gasteiger partial charge in [-0.15, -0.1) is 0 Å². The van der Waals surface area contributed by atoms with Crippen LogP contribution in [0.1, 0.15) is 16.8 Å². The van der Waals surface area contributed by atoms with Gasteiger partial charge in [-0.25, -0.2) is 12.8 Å². The normalized spacial score (nSPS) is 19.0. The van der Waals surface area contributed by atoms with Gasteiger partial charge in [-0.05, 0) is 31.0 Å².